The molecule has 3 rings (SSSR count). The molecule has 0 saturated heterocycles. The zero-order chi connectivity index (χ0) is 23.0. The molecule has 0 fully saturated rings. The lowest BCUT2D eigenvalue weighted by Gasteiger charge is -2.36. The van der Waals surface area contributed by atoms with Crippen LogP contribution in [0, 0.1) is 0 Å². The third-order valence-electron chi connectivity index (χ3n) is 6.12. The molecule has 0 radical (unpaired) electrons. The summed E-state index contributed by atoms with van der Waals surface area (Å²) in [6.45, 7) is 3.57. The van der Waals surface area contributed by atoms with Crippen molar-refractivity contribution in [1.82, 2.24) is 0 Å². The van der Waals surface area contributed by atoms with E-state index in [0.717, 1.165) is 30.9 Å². The Morgan fingerprint density at radius 1 is 1.12 bits per heavy atom. The molecule has 1 unspecified atom stereocenters. The molecule has 0 spiro atoms. The Morgan fingerprint density at radius 2 is 1.88 bits per heavy atom. The third kappa shape index (κ3) is 5.76. The molecule has 0 saturated carbocycles. The van der Waals surface area contributed by atoms with E-state index < -0.39 is 0 Å². The fourth-order valence-electron chi connectivity index (χ4n) is 4.15. The first kappa shape index (κ1) is 24.8. The van der Waals surface area contributed by atoms with Gasteiger partial charge in [0.2, 0.25) is 0 Å². The first-order chi connectivity index (χ1) is 15.6. The van der Waals surface area contributed by atoms with Gasteiger partial charge in [0.25, 0.3) is 0 Å². The molecule has 2 aromatic rings. The van der Waals surface area contributed by atoms with E-state index in [0.29, 0.717) is 12.2 Å². The zero-order valence-corrected chi connectivity index (χ0v) is 21.2. The zero-order valence-electron chi connectivity index (χ0n) is 19.5. The summed E-state index contributed by atoms with van der Waals surface area (Å²) in [7, 11) is 1.39. The van der Waals surface area contributed by atoms with Crippen LogP contribution in [0.4, 0.5) is 0 Å². The number of rotatable bonds is 11. The van der Waals surface area contributed by atoms with Crippen molar-refractivity contribution in [2.24, 2.45) is 0 Å². The van der Waals surface area contributed by atoms with Crippen molar-refractivity contribution < 1.29 is 19.0 Å². The fourth-order valence-corrected chi connectivity index (χ4v) is 6.17. The van der Waals surface area contributed by atoms with Crippen LogP contribution in [0.1, 0.15) is 66.4 Å². The molecule has 1 aliphatic rings. The topological polar surface area (TPSA) is 44.8 Å². The molecule has 1 aliphatic heterocycles. The van der Waals surface area contributed by atoms with E-state index in [1.54, 1.807) is 12.1 Å². The smallest absolute Gasteiger partial charge is 0.337 e. The van der Waals surface area contributed by atoms with Crippen LogP contribution >= 0.6 is 23.5 Å². The number of thioether (sulfide) groups is 2. The largest absolute Gasteiger partial charge is 0.493 e. The molecule has 0 amide bonds. The summed E-state index contributed by atoms with van der Waals surface area (Å²) >= 11 is 3.81. The molecular formula is C26H34O4S2. The average Bonchev–Trinajstić information content (AvgIpc) is 2.85. The predicted molar refractivity (Wildman–Crippen MR) is 135 cm³/mol. The number of fused-ring (bicyclic) bond motifs is 1. The number of carbonyl (C=O) groups is 1. The van der Waals surface area contributed by atoms with Crippen molar-refractivity contribution in [1.29, 1.82) is 0 Å². The summed E-state index contributed by atoms with van der Waals surface area (Å²) in [5.74, 6) is 1.72. The van der Waals surface area contributed by atoms with Crippen molar-refractivity contribution >= 4 is 29.5 Å². The number of carbonyl (C=O) groups excluding carboxylic acids is 1. The maximum atomic E-state index is 11.7. The minimum Gasteiger partial charge on any atom is -0.493 e. The maximum absolute atomic E-state index is 11.7. The van der Waals surface area contributed by atoms with Gasteiger partial charge in [-0.3, -0.25) is 0 Å². The van der Waals surface area contributed by atoms with Crippen LogP contribution < -0.4 is 9.47 Å². The van der Waals surface area contributed by atoms with E-state index >= 15 is 0 Å². The fraction of sp³-hybridized carbons (Fsp3) is 0.500. The summed E-state index contributed by atoms with van der Waals surface area (Å²) in [5.41, 5.74) is 3.08. The molecule has 0 bridgehead atoms. The molecule has 32 heavy (non-hydrogen) atoms. The van der Waals surface area contributed by atoms with Crippen LogP contribution in [-0.2, 0) is 8.82 Å². The molecule has 174 valence electrons. The molecule has 0 N–H and O–H groups in total. The average molecular weight is 475 g/mol. The Hall–Kier alpha value is -1.79. The normalized spacial score (nSPS) is 15.4. The second-order valence-electron chi connectivity index (χ2n) is 8.03. The lowest BCUT2D eigenvalue weighted by atomic mass is 9.91. The van der Waals surface area contributed by atoms with Crippen molar-refractivity contribution in [3.8, 4) is 11.5 Å². The quantitative estimate of drug-likeness (QED) is 0.201. The van der Waals surface area contributed by atoms with Crippen molar-refractivity contribution in [3.63, 3.8) is 0 Å². The number of hydrogen-bond acceptors (Lipinski definition) is 6. The van der Waals surface area contributed by atoms with Crippen molar-refractivity contribution in [3.05, 3.63) is 59.2 Å². The SMILES string of the molecule is CCCCCC(COc1ccc(C(=O)OC)cc1)c1ccc2c(c1)OCCC2(SC)SC. The molecule has 0 aliphatic carbocycles. The highest BCUT2D eigenvalue weighted by Gasteiger charge is 2.36. The van der Waals surface area contributed by atoms with Gasteiger partial charge in [0.1, 0.15) is 11.5 Å². The van der Waals surface area contributed by atoms with Gasteiger partial charge in [-0.2, -0.15) is 0 Å². The first-order valence-corrected chi connectivity index (χ1v) is 13.7. The Morgan fingerprint density at radius 3 is 2.53 bits per heavy atom. The highest BCUT2D eigenvalue weighted by Crippen LogP contribution is 2.52. The number of methoxy groups -OCH3 is 1. The van der Waals surface area contributed by atoms with Crippen molar-refractivity contribution in [2.45, 2.75) is 49.0 Å². The lowest BCUT2D eigenvalue weighted by Crippen LogP contribution is -2.26. The van der Waals surface area contributed by atoms with E-state index in [2.05, 4.69) is 37.6 Å². The van der Waals surface area contributed by atoms with Gasteiger partial charge in [-0.25, -0.2) is 4.79 Å². The Kier molecular flexibility index (Phi) is 9.23. The summed E-state index contributed by atoms with van der Waals surface area (Å²) in [5, 5.41) is 0. The van der Waals surface area contributed by atoms with Gasteiger partial charge in [-0.05, 0) is 54.8 Å². The number of benzene rings is 2. The second-order valence-corrected chi connectivity index (χ2v) is 10.5. The van der Waals surface area contributed by atoms with E-state index in [1.165, 1.54) is 37.5 Å². The van der Waals surface area contributed by atoms with Crippen LogP contribution in [0.3, 0.4) is 0 Å². The third-order valence-corrected chi connectivity index (χ3v) is 9.29. The summed E-state index contributed by atoms with van der Waals surface area (Å²) < 4.78 is 17.1. The van der Waals surface area contributed by atoms with Gasteiger partial charge in [-0.1, -0.05) is 38.3 Å². The second kappa shape index (κ2) is 11.9. The van der Waals surface area contributed by atoms with E-state index in [-0.39, 0.29) is 16.0 Å². The number of ether oxygens (including phenoxy) is 3. The monoisotopic (exact) mass is 474 g/mol. The van der Waals surface area contributed by atoms with Gasteiger partial charge < -0.3 is 14.2 Å². The summed E-state index contributed by atoms with van der Waals surface area (Å²) in [4.78, 5) is 11.7. The lowest BCUT2D eigenvalue weighted by molar-refractivity contribution is 0.0600. The van der Waals surface area contributed by atoms with Crippen LogP contribution in [0.25, 0.3) is 0 Å². The van der Waals surface area contributed by atoms with Crippen LogP contribution in [0.2, 0.25) is 0 Å². The van der Waals surface area contributed by atoms with Crippen LogP contribution in [0.5, 0.6) is 11.5 Å². The molecular weight excluding hydrogens is 440 g/mol. The Balaban J connectivity index is 1.77. The molecule has 1 heterocycles. The Bertz CT molecular complexity index is 878. The van der Waals surface area contributed by atoms with Gasteiger partial charge in [0.05, 0.1) is 30.0 Å². The standard InChI is InChI=1S/C26H34O4S2/c1-5-6-7-8-21(18-30-22-12-9-19(10-13-22)25(27)28-2)20-11-14-23-24(17-20)29-16-15-26(23,31-3)32-4/h9-14,17,21H,5-8,15-16,18H2,1-4H3. The molecule has 1 atom stereocenters. The number of hydrogen-bond donors (Lipinski definition) is 0. The maximum Gasteiger partial charge on any atom is 0.337 e. The van der Waals surface area contributed by atoms with Crippen molar-refractivity contribution in [2.75, 3.05) is 32.8 Å². The summed E-state index contributed by atoms with van der Waals surface area (Å²) in [6.07, 6.45) is 10.0. The van der Waals surface area contributed by atoms with Gasteiger partial charge >= 0.3 is 5.97 Å². The van der Waals surface area contributed by atoms with E-state index in [1.807, 2.05) is 35.7 Å². The minimum atomic E-state index is -0.338. The van der Waals surface area contributed by atoms with Crippen LogP contribution in [-0.4, -0.2) is 38.8 Å². The molecule has 2 aromatic carbocycles. The van der Waals surface area contributed by atoms with Gasteiger partial charge in [0, 0.05) is 17.9 Å². The molecule has 0 aromatic heterocycles. The Labute approximate surface area is 200 Å². The summed E-state index contributed by atoms with van der Waals surface area (Å²) in [6, 6.07) is 13.9. The van der Waals surface area contributed by atoms with E-state index in [9.17, 15) is 4.79 Å². The van der Waals surface area contributed by atoms with Gasteiger partial charge in [-0.15, -0.1) is 23.5 Å². The van der Waals surface area contributed by atoms with E-state index in [4.69, 9.17) is 14.2 Å². The predicted octanol–water partition coefficient (Wildman–Crippen LogP) is 6.88. The highest BCUT2D eigenvalue weighted by atomic mass is 32.2. The highest BCUT2D eigenvalue weighted by molar-refractivity contribution is 8.16. The molecule has 6 heteroatoms. The van der Waals surface area contributed by atoms with Crippen LogP contribution in [0.15, 0.2) is 42.5 Å². The minimum absolute atomic E-state index is 0.0711. The first-order valence-electron chi connectivity index (χ1n) is 11.3. The van der Waals surface area contributed by atoms with Gasteiger partial charge in [0.15, 0.2) is 0 Å². The number of unbranched alkanes of at least 4 members (excludes halogenated alkanes) is 2. The number of esters is 1. The molecule has 4 nitrogen and oxygen atoms in total.